The van der Waals surface area contributed by atoms with Crippen molar-refractivity contribution in [1.82, 2.24) is 14.9 Å². The second-order valence-electron chi connectivity index (χ2n) is 7.27. The Morgan fingerprint density at radius 2 is 2.07 bits per heavy atom. The number of hydrogen-bond donors (Lipinski definition) is 1. The summed E-state index contributed by atoms with van der Waals surface area (Å²) in [5.74, 6) is -1.01. The fraction of sp³-hybridized carbons (Fsp3) is 0.286. The summed E-state index contributed by atoms with van der Waals surface area (Å²) >= 11 is 1.69. The number of rotatable bonds is 5. The van der Waals surface area contributed by atoms with Crippen LogP contribution in [0.2, 0.25) is 0 Å². The molecule has 1 aromatic carbocycles. The highest BCUT2D eigenvalue weighted by Crippen LogP contribution is 2.26. The molecule has 2 N–H and O–H groups in total. The van der Waals surface area contributed by atoms with Gasteiger partial charge in [0.05, 0.1) is 28.5 Å². The molecule has 0 saturated carbocycles. The minimum Gasteiger partial charge on any atom is -0.397 e. The molecule has 2 aromatic heterocycles. The lowest BCUT2D eigenvalue weighted by molar-refractivity contribution is -0.136. The van der Waals surface area contributed by atoms with E-state index >= 15 is 0 Å². The molecule has 1 aliphatic rings. The molecule has 0 spiro atoms. The maximum absolute atomic E-state index is 14.1. The first-order chi connectivity index (χ1) is 13.9. The molecular weight excluding hydrogens is 394 g/mol. The number of aromatic nitrogens is 2. The highest BCUT2D eigenvalue weighted by molar-refractivity contribution is 7.11. The van der Waals surface area contributed by atoms with E-state index < -0.39 is 11.6 Å². The molecule has 4 rings (SSSR count). The van der Waals surface area contributed by atoms with Crippen LogP contribution in [0.15, 0.2) is 36.5 Å². The monoisotopic (exact) mass is 414 g/mol. The lowest BCUT2D eigenvalue weighted by Gasteiger charge is -2.39. The van der Waals surface area contributed by atoms with E-state index in [0.29, 0.717) is 36.1 Å². The van der Waals surface area contributed by atoms with Crippen LogP contribution < -0.4 is 5.73 Å². The zero-order valence-corrected chi connectivity index (χ0v) is 16.7. The third-order valence-electron chi connectivity index (χ3n) is 4.98. The Labute approximate surface area is 171 Å². The summed E-state index contributed by atoms with van der Waals surface area (Å²) in [6.45, 7) is 3.40. The first kappa shape index (κ1) is 19.4. The largest absolute Gasteiger partial charge is 0.397 e. The van der Waals surface area contributed by atoms with Gasteiger partial charge >= 0.3 is 0 Å². The van der Waals surface area contributed by atoms with Gasteiger partial charge in [-0.2, -0.15) is 0 Å². The second-order valence-corrected chi connectivity index (χ2v) is 8.59. The fourth-order valence-electron chi connectivity index (χ4n) is 3.40. The van der Waals surface area contributed by atoms with Crippen LogP contribution in [0.1, 0.15) is 15.6 Å². The minimum absolute atomic E-state index is 0.0472. The van der Waals surface area contributed by atoms with Crippen molar-refractivity contribution in [2.45, 2.75) is 19.8 Å². The normalized spacial score (nSPS) is 14.1. The summed E-state index contributed by atoms with van der Waals surface area (Å²) in [7, 11) is 0. The van der Waals surface area contributed by atoms with Crippen LogP contribution in [-0.4, -0.2) is 33.9 Å². The highest BCUT2D eigenvalue weighted by atomic mass is 32.1. The van der Waals surface area contributed by atoms with Gasteiger partial charge in [0.2, 0.25) is 5.91 Å². The number of halogens is 2. The van der Waals surface area contributed by atoms with Crippen molar-refractivity contribution >= 4 is 22.9 Å². The van der Waals surface area contributed by atoms with Crippen molar-refractivity contribution in [2.24, 2.45) is 5.92 Å². The van der Waals surface area contributed by atoms with E-state index in [-0.39, 0.29) is 17.9 Å². The lowest BCUT2D eigenvalue weighted by Crippen LogP contribution is -2.51. The average Bonchev–Trinajstić information content (AvgIpc) is 3.05. The molecule has 29 heavy (non-hydrogen) atoms. The Morgan fingerprint density at radius 1 is 1.28 bits per heavy atom. The van der Waals surface area contributed by atoms with Crippen molar-refractivity contribution in [3.63, 3.8) is 0 Å². The molecule has 0 radical (unpaired) electrons. The Kier molecular flexibility index (Phi) is 5.27. The SMILES string of the molecule is Cc1cnc(CC2CN(C(=O)Cc3nc(-c4ccc(F)cc4F)ccc3N)C2)s1. The van der Waals surface area contributed by atoms with Crippen LogP contribution in [0.5, 0.6) is 0 Å². The molecule has 0 aliphatic carbocycles. The van der Waals surface area contributed by atoms with Gasteiger partial charge in [-0.1, -0.05) is 0 Å². The molecular formula is C21H20F2N4OS. The first-order valence-corrected chi connectivity index (χ1v) is 10.1. The predicted octanol–water partition coefficient (Wildman–Crippen LogP) is 3.62. The molecule has 0 unspecified atom stereocenters. The van der Waals surface area contributed by atoms with Crippen molar-refractivity contribution in [1.29, 1.82) is 0 Å². The number of benzene rings is 1. The summed E-state index contributed by atoms with van der Waals surface area (Å²) in [6, 6.07) is 6.47. The number of carbonyl (C=O) groups excluding carboxylic acids is 1. The molecule has 0 bridgehead atoms. The van der Waals surface area contributed by atoms with Gasteiger partial charge in [-0.15, -0.1) is 11.3 Å². The topological polar surface area (TPSA) is 72.1 Å². The maximum atomic E-state index is 14.1. The maximum Gasteiger partial charge on any atom is 0.228 e. The first-order valence-electron chi connectivity index (χ1n) is 9.29. The van der Waals surface area contributed by atoms with E-state index in [9.17, 15) is 13.6 Å². The molecule has 150 valence electrons. The number of hydrogen-bond acceptors (Lipinski definition) is 5. The predicted molar refractivity (Wildman–Crippen MR) is 108 cm³/mol. The number of nitrogens with zero attached hydrogens (tertiary/aromatic N) is 3. The Bertz CT molecular complexity index is 1060. The van der Waals surface area contributed by atoms with E-state index in [1.54, 1.807) is 28.4 Å². The average molecular weight is 414 g/mol. The number of thiazole rings is 1. The van der Waals surface area contributed by atoms with Gasteiger partial charge in [0, 0.05) is 48.1 Å². The van der Waals surface area contributed by atoms with Gasteiger partial charge in [0.25, 0.3) is 0 Å². The third-order valence-corrected chi connectivity index (χ3v) is 5.91. The number of aryl methyl sites for hydroxylation is 1. The molecule has 8 heteroatoms. The van der Waals surface area contributed by atoms with E-state index in [4.69, 9.17) is 5.73 Å². The quantitative estimate of drug-likeness (QED) is 0.692. The van der Waals surface area contributed by atoms with E-state index in [1.165, 1.54) is 17.0 Å². The van der Waals surface area contributed by atoms with E-state index in [0.717, 1.165) is 17.5 Å². The van der Waals surface area contributed by atoms with Crippen LogP contribution in [0.4, 0.5) is 14.5 Å². The highest BCUT2D eigenvalue weighted by Gasteiger charge is 2.31. The van der Waals surface area contributed by atoms with Gasteiger partial charge < -0.3 is 10.6 Å². The summed E-state index contributed by atoms with van der Waals surface area (Å²) in [5, 5.41) is 1.10. The van der Waals surface area contributed by atoms with Crippen LogP contribution in [0, 0.1) is 24.5 Å². The van der Waals surface area contributed by atoms with Crippen LogP contribution in [0.25, 0.3) is 11.3 Å². The van der Waals surface area contributed by atoms with Crippen LogP contribution in [0.3, 0.4) is 0 Å². The zero-order chi connectivity index (χ0) is 20.5. The number of carbonyl (C=O) groups is 1. The molecule has 5 nitrogen and oxygen atoms in total. The van der Waals surface area contributed by atoms with Gasteiger partial charge in [0.1, 0.15) is 11.6 Å². The Hall–Kier alpha value is -2.87. The molecule has 1 aliphatic heterocycles. The van der Waals surface area contributed by atoms with E-state index in [2.05, 4.69) is 9.97 Å². The van der Waals surface area contributed by atoms with Crippen molar-refractivity contribution < 1.29 is 13.6 Å². The lowest BCUT2D eigenvalue weighted by atomic mass is 9.96. The van der Waals surface area contributed by atoms with Gasteiger partial charge in [0.15, 0.2) is 0 Å². The molecule has 0 atom stereocenters. The summed E-state index contributed by atoms with van der Waals surface area (Å²) in [4.78, 5) is 24.3. The fourth-order valence-corrected chi connectivity index (χ4v) is 4.30. The number of likely N-dealkylation sites (tertiary alicyclic amines) is 1. The Balaban J connectivity index is 1.41. The van der Waals surface area contributed by atoms with Crippen molar-refractivity contribution in [3.8, 4) is 11.3 Å². The second kappa shape index (κ2) is 7.87. The molecule has 3 aromatic rings. The van der Waals surface area contributed by atoms with Gasteiger partial charge in [-0.05, 0) is 31.2 Å². The zero-order valence-electron chi connectivity index (χ0n) is 15.9. The van der Waals surface area contributed by atoms with E-state index in [1.807, 2.05) is 13.1 Å². The summed E-state index contributed by atoms with van der Waals surface area (Å²) in [6.07, 6.45) is 2.79. The summed E-state index contributed by atoms with van der Waals surface area (Å²) in [5.41, 5.74) is 7.24. The van der Waals surface area contributed by atoms with Gasteiger partial charge in [-0.3, -0.25) is 9.78 Å². The smallest absolute Gasteiger partial charge is 0.228 e. The van der Waals surface area contributed by atoms with Crippen molar-refractivity contribution in [3.05, 3.63) is 63.7 Å². The molecule has 1 fully saturated rings. The standard InChI is InChI=1S/C21H20F2N4OS/c1-12-9-25-20(29-12)6-13-10-27(11-13)21(28)8-19-17(24)4-5-18(26-19)15-3-2-14(22)7-16(15)23/h2-5,7,9,13H,6,8,10-11,24H2,1H3. The molecule has 1 saturated heterocycles. The minimum atomic E-state index is -0.706. The van der Waals surface area contributed by atoms with Crippen molar-refractivity contribution in [2.75, 3.05) is 18.8 Å². The molecule has 3 heterocycles. The van der Waals surface area contributed by atoms with Gasteiger partial charge in [-0.25, -0.2) is 13.8 Å². The Morgan fingerprint density at radius 3 is 2.76 bits per heavy atom. The summed E-state index contributed by atoms with van der Waals surface area (Å²) < 4.78 is 27.2. The third kappa shape index (κ3) is 4.27. The molecule has 1 amide bonds. The number of nitrogen functional groups attached to an aromatic ring is 1. The number of anilines is 1. The number of nitrogens with two attached hydrogens (primary N) is 1. The van der Waals surface area contributed by atoms with Crippen LogP contribution in [-0.2, 0) is 17.6 Å². The number of amides is 1. The number of pyridine rings is 1. The van der Waals surface area contributed by atoms with Crippen LogP contribution >= 0.6 is 11.3 Å².